The molecular weight excluding hydrogens is 172 g/mol. The molecule has 1 fully saturated rings. The Morgan fingerprint density at radius 1 is 1.62 bits per heavy atom. The van der Waals surface area contributed by atoms with Gasteiger partial charge in [0.15, 0.2) is 0 Å². The number of rotatable bonds is 2. The molecule has 1 aliphatic carbocycles. The Balaban J connectivity index is 2.37. The Morgan fingerprint density at radius 3 is 2.69 bits per heavy atom. The summed E-state index contributed by atoms with van der Waals surface area (Å²) in [6.45, 7) is 0. The maximum Gasteiger partial charge on any atom is 0.315 e. The molecule has 0 saturated heterocycles. The van der Waals surface area contributed by atoms with Crippen molar-refractivity contribution in [3.63, 3.8) is 0 Å². The monoisotopic (exact) mass is 180 g/mol. The van der Waals surface area contributed by atoms with Crippen LogP contribution in [0.1, 0.15) is 18.4 Å². The van der Waals surface area contributed by atoms with E-state index in [-0.39, 0.29) is 18.6 Å². The highest BCUT2D eigenvalue weighted by molar-refractivity contribution is 6.01. The third kappa shape index (κ3) is 0.965. The van der Waals surface area contributed by atoms with Gasteiger partial charge >= 0.3 is 5.97 Å². The molecule has 0 unspecified atom stereocenters. The number of hydrogen-bond acceptors (Lipinski definition) is 3. The van der Waals surface area contributed by atoms with Crippen LogP contribution < -0.4 is 0 Å². The molecular formula is C8H8N2O3. The molecule has 0 atom stereocenters. The van der Waals surface area contributed by atoms with E-state index in [1.807, 2.05) is 0 Å². The van der Waals surface area contributed by atoms with Crippen LogP contribution in [-0.4, -0.2) is 27.1 Å². The van der Waals surface area contributed by atoms with E-state index in [1.54, 1.807) is 0 Å². The summed E-state index contributed by atoms with van der Waals surface area (Å²) in [6, 6.07) is 0. The van der Waals surface area contributed by atoms with E-state index in [4.69, 9.17) is 5.11 Å². The van der Waals surface area contributed by atoms with Gasteiger partial charge in [0.05, 0.1) is 6.20 Å². The van der Waals surface area contributed by atoms with E-state index < -0.39 is 11.4 Å². The Bertz CT molecular complexity index is 347. The molecule has 1 heterocycles. The lowest BCUT2D eigenvalue weighted by molar-refractivity contribution is -0.153. The number of nitrogens with zero attached hydrogens (tertiary/aromatic N) is 1. The first-order valence-corrected chi connectivity index (χ1v) is 3.89. The molecule has 0 bridgehead atoms. The Kier molecular flexibility index (Phi) is 1.48. The van der Waals surface area contributed by atoms with Crippen molar-refractivity contribution < 1.29 is 14.7 Å². The van der Waals surface area contributed by atoms with Crippen molar-refractivity contribution in [3.8, 4) is 0 Å². The molecule has 0 amide bonds. The van der Waals surface area contributed by atoms with Crippen molar-refractivity contribution >= 4 is 11.8 Å². The highest BCUT2D eigenvalue weighted by Crippen LogP contribution is 2.40. The maximum atomic E-state index is 11.0. The number of H-pyrrole nitrogens is 1. The van der Waals surface area contributed by atoms with Gasteiger partial charge in [0.25, 0.3) is 0 Å². The molecule has 0 aromatic carbocycles. The number of aromatic nitrogens is 2. The number of aromatic amines is 1. The molecule has 68 valence electrons. The Hall–Kier alpha value is -1.65. The summed E-state index contributed by atoms with van der Waals surface area (Å²) >= 11 is 0. The van der Waals surface area contributed by atoms with Crippen molar-refractivity contribution in [1.29, 1.82) is 0 Å². The number of Topliss-reactive ketones (excluding diaryl/α,β-unsaturated/α-hetero) is 1. The fourth-order valence-corrected chi connectivity index (χ4v) is 1.61. The van der Waals surface area contributed by atoms with E-state index in [9.17, 15) is 9.59 Å². The van der Waals surface area contributed by atoms with Crippen molar-refractivity contribution in [1.82, 2.24) is 10.2 Å². The van der Waals surface area contributed by atoms with E-state index in [0.717, 1.165) is 0 Å². The summed E-state index contributed by atoms with van der Waals surface area (Å²) < 4.78 is 0. The third-order valence-electron chi connectivity index (χ3n) is 2.46. The summed E-state index contributed by atoms with van der Waals surface area (Å²) in [4.78, 5) is 21.8. The first-order valence-electron chi connectivity index (χ1n) is 3.89. The molecule has 1 aromatic rings. The van der Waals surface area contributed by atoms with Gasteiger partial charge in [-0.1, -0.05) is 0 Å². The zero-order valence-corrected chi connectivity index (χ0v) is 6.78. The SMILES string of the molecule is O=C1CC(C(=O)O)(c2cn[nH]c2)C1. The third-order valence-corrected chi connectivity index (χ3v) is 2.46. The summed E-state index contributed by atoms with van der Waals surface area (Å²) in [5.74, 6) is -0.961. The Morgan fingerprint density at radius 2 is 2.31 bits per heavy atom. The molecule has 5 nitrogen and oxygen atoms in total. The molecule has 1 saturated carbocycles. The first-order chi connectivity index (χ1) is 6.15. The van der Waals surface area contributed by atoms with Crippen molar-refractivity contribution in [3.05, 3.63) is 18.0 Å². The molecule has 13 heavy (non-hydrogen) atoms. The second-order valence-electron chi connectivity index (χ2n) is 3.27. The van der Waals surface area contributed by atoms with Crippen LogP contribution in [0.25, 0.3) is 0 Å². The molecule has 2 rings (SSSR count). The number of hydrogen-bond donors (Lipinski definition) is 2. The molecule has 1 aliphatic rings. The minimum atomic E-state index is -1.01. The average molecular weight is 180 g/mol. The van der Waals surface area contributed by atoms with Gasteiger partial charge in [0.1, 0.15) is 11.2 Å². The smallest absolute Gasteiger partial charge is 0.315 e. The predicted molar refractivity (Wildman–Crippen MR) is 42.1 cm³/mol. The van der Waals surface area contributed by atoms with E-state index in [1.165, 1.54) is 12.4 Å². The molecule has 0 aliphatic heterocycles. The van der Waals surface area contributed by atoms with Crippen LogP contribution in [-0.2, 0) is 15.0 Å². The van der Waals surface area contributed by atoms with Crippen molar-refractivity contribution in [2.75, 3.05) is 0 Å². The van der Waals surface area contributed by atoms with E-state index in [0.29, 0.717) is 5.56 Å². The number of carbonyl (C=O) groups is 2. The minimum Gasteiger partial charge on any atom is -0.481 e. The van der Waals surface area contributed by atoms with Gasteiger partial charge in [-0.25, -0.2) is 0 Å². The van der Waals surface area contributed by atoms with E-state index in [2.05, 4.69) is 10.2 Å². The number of aliphatic carboxylic acids is 1. The largest absolute Gasteiger partial charge is 0.481 e. The van der Waals surface area contributed by atoms with Crippen LogP contribution in [0.5, 0.6) is 0 Å². The van der Waals surface area contributed by atoms with Crippen LogP contribution in [0.4, 0.5) is 0 Å². The molecule has 0 spiro atoms. The molecule has 5 heteroatoms. The highest BCUT2D eigenvalue weighted by Gasteiger charge is 2.52. The van der Waals surface area contributed by atoms with Crippen LogP contribution in [0.3, 0.4) is 0 Å². The highest BCUT2D eigenvalue weighted by atomic mass is 16.4. The van der Waals surface area contributed by atoms with Gasteiger partial charge in [0, 0.05) is 24.6 Å². The second-order valence-corrected chi connectivity index (χ2v) is 3.27. The number of ketones is 1. The number of carboxylic acid groups (broad SMARTS) is 1. The second kappa shape index (κ2) is 2.42. The normalized spacial score (nSPS) is 19.5. The van der Waals surface area contributed by atoms with Gasteiger partial charge in [-0.15, -0.1) is 0 Å². The lowest BCUT2D eigenvalue weighted by Crippen LogP contribution is -2.48. The zero-order chi connectivity index (χ0) is 9.47. The van der Waals surface area contributed by atoms with Crippen molar-refractivity contribution in [2.45, 2.75) is 18.3 Å². The fourth-order valence-electron chi connectivity index (χ4n) is 1.61. The molecule has 1 aromatic heterocycles. The molecule has 2 N–H and O–H groups in total. The van der Waals surface area contributed by atoms with Crippen LogP contribution in [0, 0.1) is 0 Å². The maximum absolute atomic E-state index is 11.0. The van der Waals surface area contributed by atoms with E-state index >= 15 is 0 Å². The lowest BCUT2D eigenvalue weighted by Gasteiger charge is -2.35. The average Bonchev–Trinajstić information content (AvgIpc) is 2.49. The van der Waals surface area contributed by atoms with Gasteiger partial charge in [0.2, 0.25) is 0 Å². The van der Waals surface area contributed by atoms with Gasteiger partial charge in [-0.05, 0) is 0 Å². The van der Waals surface area contributed by atoms with Gasteiger partial charge in [-0.2, -0.15) is 5.10 Å². The van der Waals surface area contributed by atoms with Gasteiger partial charge < -0.3 is 5.11 Å². The van der Waals surface area contributed by atoms with Crippen LogP contribution in [0.2, 0.25) is 0 Å². The number of carbonyl (C=O) groups excluding carboxylic acids is 1. The fraction of sp³-hybridized carbons (Fsp3) is 0.375. The summed E-state index contributed by atoms with van der Waals surface area (Å²) in [6.07, 6.45) is 3.16. The van der Waals surface area contributed by atoms with Crippen molar-refractivity contribution in [2.24, 2.45) is 0 Å². The Labute approximate surface area is 73.8 Å². The predicted octanol–water partition coefficient (Wildman–Crippen LogP) is 0.0950. The summed E-state index contributed by atoms with van der Waals surface area (Å²) in [5.41, 5.74) is -0.427. The number of nitrogens with one attached hydrogen (secondary N) is 1. The zero-order valence-electron chi connectivity index (χ0n) is 6.78. The van der Waals surface area contributed by atoms with Crippen LogP contribution >= 0.6 is 0 Å². The van der Waals surface area contributed by atoms with Gasteiger partial charge in [-0.3, -0.25) is 14.7 Å². The quantitative estimate of drug-likeness (QED) is 0.675. The molecule has 0 radical (unpaired) electrons. The summed E-state index contributed by atoms with van der Waals surface area (Å²) in [5, 5.41) is 15.2. The lowest BCUT2D eigenvalue weighted by atomic mass is 9.64. The minimum absolute atomic E-state index is 0.0106. The van der Waals surface area contributed by atoms with Crippen LogP contribution in [0.15, 0.2) is 12.4 Å². The topological polar surface area (TPSA) is 83.1 Å². The standard InChI is InChI=1S/C8H8N2O3/c11-6-1-8(2-6,7(12)13)5-3-9-10-4-5/h3-4H,1-2H2,(H,9,10)(H,12,13). The summed E-state index contributed by atoms with van der Waals surface area (Å²) in [7, 11) is 0. The first kappa shape index (κ1) is 7.97. The number of carboxylic acids is 1.